The van der Waals surface area contributed by atoms with Crippen LogP contribution < -0.4 is 5.32 Å². The number of carboxylic acid groups (broad SMARTS) is 1. The summed E-state index contributed by atoms with van der Waals surface area (Å²) in [7, 11) is 5.89. The van der Waals surface area contributed by atoms with Gasteiger partial charge in [0.2, 0.25) is 5.91 Å². The molecule has 3 unspecified atom stereocenters. The molecule has 1 aromatic rings. The van der Waals surface area contributed by atoms with Crippen LogP contribution in [0.15, 0.2) is 18.2 Å². The van der Waals surface area contributed by atoms with E-state index in [4.69, 9.17) is 12.6 Å². The number of carboxylic acids is 1. The molecule has 1 amide bonds. The molecule has 2 N–H and O–H groups in total. The third-order valence-electron chi connectivity index (χ3n) is 5.86. The fourth-order valence-electron chi connectivity index (χ4n) is 4.09. The molecule has 0 bridgehead atoms. The van der Waals surface area contributed by atoms with Gasteiger partial charge >= 0.3 is 5.97 Å². The number of hydrogen-bond acceptors (Lipinski definition) is 4. The molecule has 0 spiro atoms. The average Bonchev–Trinajstić information content (AvgIpc) is 3.35. The van der Waals surface area contributed by atoms with E-state index in [0.717, 1.165) is 30.6 Å². The number of rotatable bonds is 6. The third kappa shape index (κ3) is 4.19. The monoisotopic (exact) mass is 368 g/mol. The summed E-state index contributed by atoms with van der Waals surface area (Å²) in [6.45, 7) is 3.59. The number of aromatic carboxylic acids is 1. The zero-order valence-corrected chi connectivity index (χ0v) is 15.4. The second-order valence-electron chi connectivity index (χ2n) is 8.00. The first kappa shape index (κ1) is 18.5. The molecular weight excluding hydrogens is 343 g/mol. The van der Waals surface area contributed by atoms with E-state index >= 15 is 0 Å². The van der Waals surface area contributed by atoms with Crippen molar-refractivity contribution in [3.63, 3.8) is 0 Å². The minimum absolute atomic E-state index is 0.0368. The van der Waals surface area contributed by atoms with E-state index < -0.39 is 5.97 Å². The van der Waals surface area contributed by atoms with E-state index in [1.807, 2.05) is 17.0 Å². The van der Waals surface area contributed by atoms with Crippen LogP contribution in [0, 0.1) is 5.92 Å². The normalized spacial score (nSPS) is 27.9. The number of amides is 1. The van der Waals surface area contributed by atoms with Crippen molar-refractivity contribution in [3.05, 3.63) is 34.9 Å². The molecule has 3 atom stereocenters. The van der Waals surface area contributed by atoms with Gasteiger partial charge in [-0.1, -0.05) is 24.4 Å². The Hall–Kier alpha value is -1.86. The molecule has 3 fully saturated rings. The van der Waals surface area contributed by atoms with Gasteiger partial charge in [-0.15, -0.1) is 0 Å². The summed E-state index contributed by atoms with van der Waals surface area (Å²) in [5.74, 6) is -0.00395. The number of carbonyl (C=O) groups is 2. The topological polar surface area (TPSA) is 78.9 Å². The molecular formula is C20H25BN2O4. The molecule has 1 aliphatic carbocycles. The Balaban J connectivity index is 1.31. The third-order valence-corrected chi connectivity index (χ3v) is 5.86. The number of benzene rings is 1. The van der Waals surface area contributed by atoms with Crippen molar-refractivity contribution in [1.29, 1.82) is 0 Å². The summed E-state index contributed by atoms with van der Waals surface area (Å²) in [6.07, 6.45) is 1.99. The van der Waals surface area contributed by atoms with Crippen molar-refractivity contribution < 1.29 is 19.4 Å². The summed E-state index contributed by atoms with van der Waals surface area (Å²) < 4.78 is 5.59. The Kier molecular flexibility index (Phi) is 5.24. The Morgan fingerprint density at radius 1 is 1.33 bits per heavy atom. The van der Waals surface area contributed by atoms with Gasteiger partial charge < -0.3 is 20.1 Å². The maximum atomic E-state index is 12.3. The standard InChI is InChI=1S/C20H25BN2O4/c21-18-8-16(18)14-2-1-13(17(6-14)20(25)26)5-12-10-23(11-12)19(24)7-15-9-22-3-4-27-15/h1-2,6,12,15-16,18,22H,3-5,7-11H2,(H,25,26). The quantitative estimate of drug-likeness (QED) is 0.738. The molecule has 2 aliphatic heterocycles. The van der Waals surface area contributed by atoms with Gasteiger partial charge in [0.25, 0.3) is 0 Å². The lowest BCUT2D eigenvalue weighted by Gasteiger charge is -2.40. The van der Waals surface area contributed by atoms with E-state index in [-0.39, 0.29) is 17.8 Å². The summed E-state index contributed by atoms with van der Waals surface area (Å²) in [5.41, 5.74) is 2.24. The van der Waals surface area contributed by atoms with Crippen molar-refractivity contribution >= 4 is 19.7 Å². The minimum Gasteiger partial charge on any atom is -0.478 e. The van der Waals surface area contributed by atoms with Gasteiger partial charge in [0, 0.05) is 26.2 Å². The van der Waals surface area contributed by atoms with Crippen molar-refractivity contribution in [2.75, 3.05) is 32.8 Å². The van der Waals surface area contributed by atoms with Gasteiger partial charge in [-0.05, 0) is 35.4 Å². The lowest BCUT2D eigenvalue weighted by atomic mass is 9.88. The fourth-order valence-corrected chi connectivity index (χ4v) is 4.09. The zero-order valence-electron chi connectivity index (χ0n) is 15.4. The Morgan fingerprint density at radius 2 is 2.11 bits per heavy atom. The van der Waals surface area contributed by atoms with Gasteiger partial charge in [-0.25, -0.2) is 4.79 Å². The lowest BCUT2D eigenvalue weighted by molar-refractivity contribution is -0.141. The van der Waals surface area contributed by atoms with E-state index in [9.17, 15) is 14.7 Å². The van der Waals surface area contributed by atoms with Crippen LogP contribution in [0.25, 0.3) is 0 Å². The molecule has 27 heavy (non-hydrogen) atoms. The summed E-state index contributed by atoms with van der Waals surface area (Å²) in [6, 6.07) is 5.72. The second-order valence-corrected chi connectivity index (χ2v) is 8.00. The highest BCUT2D eigenvalue weighted by Gasteiger charge is 2.35. The maximum Gasteiger partial charge on any atom is 0.335 e. The zero-order chi connectivity index (χ0) is 19.0. The predicted molar refractivity (Wildman–Crippen MR) is 101 cm³/mol. The van der Waals surface area contributed by atoms with Crippen LogP contribution in [0.2, 0.25) is 5.82 Å². The first-order valence-electron chi connectivity index (χ1n) is 9.73. The highest BCUT2D eigenvalue weighted by molar-refractivity contribution is 6.14. The Bertz CT molecular complexity index is 729. The average molecular weight is 368 g/mol. The summed E-state index contributed by atoms with van der Waals surface area (Å²) in [5, 5.41) is 12.8. The van der Waals surface area contributed by atoms with Gasteiger partial charge in [0.1, 0.15) is 0 Å². The molecule has 1 aromatic carbocycles. The molecule has 6 nitrogen and oxygen atoms in total. The van der Waals surface area contributed by atoms with Gasteiger partial charge in [-0.2, -0.15) is 0 Å². The second kappa shape index (κ2) is 7.64. The first-order chi connectivity index (χ1) is 13.0. The van der Waals surface area contributed by atoms with Crippen molar-refractivity contribution in [2.24, 2.45) is 5.92 Å². The predicted octanol–water partition coefficient (Wildman–Crippen LogP) is 1.21. The molecule has 142 valence electrons. The molecule has 1 saturated carbocycles. The molecule has 7 heteroatoms. The van der Waals surface area contributed by atoms with Gasteiger partial charge in [-0.3, -0.25) is 4.79 Å². The molecule has 2 heterocycles. The summed E-state index contributed by atoms with van der Waals surface area (Å²) in [4.78, 5) is 25.8. The Morgan fingerprint density at radius 3 is 2.74 bits per heavy atom. The Labute approximate surface area is 160 Å². The van der Waals surface area contributed by atoms with Crippen LogP contribution in [0.5, 0.6) is 0 Å². The number of carbonyl (C=O) groups excluding carboxylic acids is 1. The number of nitrogens with one attached hydrogen (secondary N) is 1. The highest BCUT2D eigenvalue weighted by atomic mass is 16.5. The summed E-state index contributed by atoms with van der Waals surface area (Å²) >= 11 is 0. The maximum absolute atomic E-state index is 12.3. The van der Waals surface area contributed by atoms with Crippen LogP contribution in [-0.4, -0.2) is 68.6 Å². The molecule has 2 saturated heterocycles. The molecule has 4 rings (SSSR count). The van der Waals surface area contributed by atoms with Crippen molar-refractivity contribution in [1.82, 2.24) is 10.2 Å². The minimum atomic E-state index is -0.893. The van der Waals surface area contributed by atoms with E-state index in [2.05, 4.69) is 5.32 Å². The van der Waals surface area contributed by atoms with Crippen LogP contribution in [0.1, 0.15) is 40.2 Å². The lowest BCUT2D eigenvalue weighted by Crippen LogP contribution is -2.52. The largest absolute Gasteiger partial charge is 0.478 e. The van der Waals surface area contributed by atoms with Crippen molar-refractivity contribution in [3.8, 4) is 0 Å². The molecule has 3 aliphatic rings. The smallest absolute Gasteiger partial charge is 0.335 e. The van der Waals surface area contributed by atoms with Crippen molar-refractivity contribution in [2.45, 2.75) is 37.1 Å². The van der Waals surface area contributed by atoms with E-state index in [0.29, 0.717) is 49.9 Å². The SMILES string of the molecule is [B]C1CC1c1ccc(CC2CN(C(=O)CC3CNCCO3)C2)c(C(=O)O)c1. The highest BCUT2D eigenvalue weighted by Crippen LogP contribution is 2.50. The van der Waals surface area contributed by atoms with Crippen LogP contribution in [0.4, 0.5) is 0 Å². The molecule has 0 aromatic heterocycles. The fraction of sp³-hybridized carbons (Fsp3) is 0.600. The number of ether oxygens (including phenoxy) is 1. The van der Waals surface area contributed by atoms with E-state index in [1.165, 1.54) is 0 Å². The van der Waals surface area contributed by atoms with Gasteiger partial charge in [0.05, 0.1) is 32.5 Å². The number of hydrogen-bond donors (Lipinski definition) is 2. The number of nitrogens with zero attached hydrogens (tertiary/aromatic N) is 1. The van der Waals surface area contributed by atoms with Crippen LogP contribution in [-0.2, 0) is 16.0 Å². The van der Waals surface area contributed by atoms with Crippen LogP contribution in [0.3, 0.4) is 0 Å². The van der Waals surface area contributed by atoms with E-state index in [1.54, 1.807) is 6.07 Å². The van der Waals surface area contributed by atoms with Gasteiger partial charge in [0.15, 0.2) is 0 Å². The number of morpholine rings is 1. The number of likely N-dealkylation sites (tertiary alicyclic amines) is 1. The molecule has 2 radical (unpaired) electrons. The first-order valence-corrected chi connectivity index (χ1v) is 9.73. The van der Waals surface area contributed by atoms with Crippen LogP contribution >= 0.6 is 0 Å².